The number of hydrogen-bond donors (Lipinski definition) is 1. The molecule has 0 spiro atoms. The molecule has 23 heavy (non-hydrogen) atoms. The molecule has 0 saturated carbocycles. The summed E-state index contributed by atoms with van der Waals surface area (Å²) in [4.78, 5) is 13.5. The lowest BCUT2D eigenvalue weighted by Gasteiger charge is -2.31. The SMILES string of the molecule is CCOC(=O)N1CCC(NCc2ccc(C(C)(C)C)cc2)CC1. The molecule has 4 nitrogen and oxygen atoms in total. The van der Waals surface area contributed by atoms with Crippen LogP contribution in [0.1, 0.15) is 51.7 Å². The molecule has 0 aromatic heterocycles. The van der Waals surface area contributed by atoms with Crippen molar-refractivity contribution in [2.45, 2.75) is 58.5 Å². The zero-order valence-electron chi connectivity index (χ0n) is 14.9. The summed E-state index contributed by atoms with van der Waals surface area (Å²) in [6, 6.07) is 9.34. The molecule has 1 aliphatic heterocycles. The molecule has 1 heterocycles. The van der Waals surface area contributed by atoms with Gasteiger partial charge in [-0.05, 0) is 36.3 Å². The van der Waals surface area contributed by atoms with Gasteiger partial charge in [0.05, 0.1) is 6.61 Å². The Hall–Kier alpha value is -1.55. The quantitative estimate of drug-likeness (QED) is 0.920. The molecule has 1 saturated heterocycles. The first kappa shape index (κ1) is 17.8. The molecular weight excluding hydrogens is 288 g/mol. The summed E-state index contributed by atoms with van der Waals surface area (Å²) in [5.41, 5.74) is 2.88. The Morgan fingerprint density at radius 3 is 2.35 bits per heavy atom. The maximum absolute atomic E-state index is 11.7. The van der Waals surface area contributed by atoms with Crippen molar-refractivity contribution in [2.75, 3.05) is 19.7 Å². The van der Waals surface area contributed by atoms with Crippen molar-refractivity contribution in [2.24, 2.45) is 0 Å². The fourth-order valence-electron chi connectivity index (χ4n) is 2.87. The van der Waals surface area contributed by atoms with Crippen LogP contribution < -0.4 is 5.32 Å². The molecule has 1 aromatic rings. The van der Waals surface area contributed by atoms with E-state index in [9.17, 15) is 4.79 Å². The van der Waals surface area contributed by atoms with Crippen LogP contribution in [0.15, 0.2) is 24.3 Å². The highest BCUT2D eigenvalue weighted by Gasteiger charge is 2.23. The Balaban J connectivity index is 1.76. The van der Waals surface area contributed by atoms with Crippen LogP contribution in [0.5, 0.6) is 0 Å². The second-order valence-corrected chi connectivity index (χ2v) is 7.29. The molecule has 1 aromatic carbocycles. The summed E-state index contributed by atoms with van der Waals surface area (Å²) in [6.07, 6.45) is 1.79. The zero-order valence-corrected chi connectivity index (χ0v) is 14.9. The van der Waals surface area contributed by atoms with Crippen molar-refractivity contribution >= 4 is 6.09 Å². The number of ether oxygens (including phenoxy) is 1. The molecule has 1 N–H and O–H groups in total. The van der Waals surface area contributed by atoms with Gasteiger partial charge in [-0.25, -0.2) is 4.79 Å². The molecule has 0 atom stereocenters. The summed E-state index contributed by atoms with van der Waals surface area (Å²) in [5, 5.41) is 3.61. The lowest BCUT2D eigenvalue weighted by Crippen LogP contribution is -2.44. The number of likely N-dealkylation sites (tertiary alicyclic amines) is 1. The maximum atomic E-state index is 11.7. The van der Waals surface area contributed by atoms with Crippen LogP contribution >= 0.6 is 0 Å². The van der Waals surface area contributed by atoms with E-state index in [4.69, 9.17) is 4.74 Å². The van der Waals surface area contributed by atoms with E-state index in [0.29, 0.717) is 12.6 Å². The van der Waals surface area contributed by atoms with Crippen molar-refractivity contribution in [1.29, 1.82) is 0 Å². The van der Waals surface area contributed by atoms with Gasteiger partial charge in [-0.3, -0.25) is 0 Å². The second kappa shape index (κ2) is 7.82. The molecule has 2 rings (SSSR count). The Bertz CT molecular complexity index is 497. The van der Waals surface area contributed by atoms with Crippen molar-refractivity contribution in [3.63, 3.8) is 0 Å². The molecule has 0 bridgehead atoms. The molecule has 0 aliphatic carbocycles. The van der Waals surface area contributed by atoms with Gasteiger partial charge in [-0.2, -0.15) is 0 Å². The van der Waals surface area contributed by atoms with Gasteiger partial charge in [0.1, 0.15) is 0 Å². The van der Waals surface area contributed by atoms with Gasteiger partial charge in [0.2, 0.25) is 0 Å². The van der Waals surface area contributed by atoms with Gasteiger partial charge in [0.15, 0.2) is 0 Å². The highest BCUT2D eigenvalue weighted by atomic mass is 16.6. The summed E-state index contributed by atoms with van der Waals surface area (Å²) in [5.74, 6) is 0. The number of hydrogen-bond acceptors (Lipinski definition) is 3. The number of piperidine rings is 1. The van der Waals surface area contributed by atoms with Crippen LogP contribution in [-0.2, 0) is 16.7 Å². The van der Waals surface area contributed by atoms with Gasteiger partial charge in [0.25, 0.3) is 0 Å². The second-order valence-electron chi connectivity index (χ2n) is 7.29. The molecule has 1 fully saturated rings. The van der Waals surface area contributed by atoms with Gasteiger partial charge >= 0.3 is 6.09 Å². The first-order chi connectivity index (χ1) is 10.9. The van der Waals surface area contributed by atoms with Gasteiger partial charge in [-0.1, -0.05) is 45.0 Å². The zero-order chi connectivity index (χ0) is 16.9. The normalized spacial score (nSPS) is 16.4. The first-order valence-electron chi connectivity index (χ1n) is 8.64. The topological polar surface area (TPSA) is 41.6 Å². The predicted octanol–water partition coefficient (Wildman–Crippen LogP) is 3.69. The average molecular weight is 318 g/mol. The third kappa shape index (κ3) is 5.24. The summed E-state index contributed by atoms with van der Waals surface area (Å²) >= 11 is 0. The Labute approximate surface area is 140 Å². The fourth-order valence-corrected chi connectivity index (χ4v) is 2.87. The fraction of sp³-hybridized carbons (Fsp3) is 0.632. The Morgan fingerprint density at radius 1 is 1.22 bits per heavy atom. The third-order valence-electron chi connectivity index (χ3n) is 4.44. The molecule has 4 heteroatoms. The smallest absolute Gasteiger partial charge is 0.409 e. The number of amides is 1. The first-order valence-corrected chi connectivity index (χ1v) is 8.64. The molecule has 0 unspecified atom stereocenters. The molecule has 1 aliphatic rings. The standard InChI is InChI=1S/C19H30N2O2/c1-5-23-18(22)21-12-10-17(11-13-21)20-14-15-6-8-16(9-7-15)19(2,3)4/h6-9,17,20H,5,10-14H2,1-4H3. The van der Waals surface area contributed by atoms with E-state index < -0.39 is 0 Å². The average Bonchev–Trinajstić information content (AvgIpc) is 2.53. The van der Waals surface area contributed by atoms with Crippen molar-refractivity contribution < 1.29 is 9.53 Å². The molecule has 1 amide bonds. The highest BCUT2D eigenvalue weighted by molar-refractivity contribution is 5.67. The van der Waals surface area contributed by atoms with Gasteiger partial charge in [-0.15, -0.1) is 0 Å². The predicted molar refractivity (Wildman–Crippen MR) is 93.6 cm³/mol. The molecule has 0 radical (unpaired) electrons. The number of nitrogens with zero attached hydrogens (tertiary/aromatic N) is 1. The minimum absolute atomic E-state index is 0.177. The van der Waals surface area contributed by atoms with Gasteiger partial charge < -0.3 is 15.0 Å². The lowest BCUT2D eigenvalue weighted by molar-refractivity contribution is 0.0950. The van der Waals surface area contributed by atoms with Crippen LogP contribution in [0.4, 0.5) is 4.79 Å². The molecule has 128 valence electrons. The van der Waals surface area contributed by atoms with Crippen LogP contribution in [0.2, 0.25) is 0 Å². The summed E-state index contributed by atoms with van der Waals surface area (Å²) in [6.45, 7) is 11.4. The lowest BCUT2D eigenvalue weighted by atomic mass is 9.87. The monoisotopic (exact) mass is 318 g/mol. The number of carbonyl (C=O) groups is 1. The number of carbonyl (C=O) groups excluding carboxylic acids is 1. The number of benzene rings is 1. The van der Waals surface area contributed by atoms with E-state index in [1.807, 2.05) is 6.92 Å². The minimum Gasteiger partial charge on any atom is -0.450 e. The van der Waals surface area contributed by atoms with Crippen LogP contribution in [-0.4, -0.2) is 36.7 Å². The van der Waals surface area contributed by atoms with E-state index >= 15 is 0 Å². The van der Waals surface area contributed by atoms with E-state index in [2.05, 4.69) is 50.4 Å². The maximum Gasteiger partial charge on any atom is 0.409 e. The van der Waals surface area contributed by atoms with E-state index in [-0.39, 0.29) is 11.5 Å². The summed E-state index contributed by atoms with van der Waals surface area (Å²) in [7, 11) is 0. The number of rotatable bonds is 4. The van der Waals surface area contributed by atoms with E-state index in [1.165, 1.54) is 11.1 Å². The summed E-state index contributed by atoms with van der Waals surface area (Å²) < 4.78 is 5.05. The van der Waals surface area contributed by atoms with Crippen molar-refractivity contribution in [3.8, 4) is 0 Å². The van der Waals surface area contributed by atoms with Gasteiger partial charge in [0, 0.05) is 25.7 Å². The number of nitrogens with one attached hydrogen (secondary N) is 1. The molecular formula is C19H30N2O2. The van der Waals surface area contributed by atoms with E-state index in [0.717, 1.165) is 32.5 Å². The van der Waals surface area contributed by atoms with Crippen LogP contribution in [0.3, 0.4) is 0 Å². The van der Waals surface area contributed by atoms with Crippen molar-refractivity contribution in [1.82, 2.24) is 10.2 Å². The Morgan fingerprint density at radius 2 is 1.83 bits per heavy atom. The van der Waals surface area contributed by atoms with Crippen molar-refractivity contribution in [3.05, 3.63) is 35.4 Å². The van der Waals surface area contributed by atoms with Crippen LogP contribution in [0, 0.1) is 0 Å². The van der Waals surface area contributed by atoms with Crippen LogP contribution in [0.25, 0.3) is 0 Å². The van der Waals surface area contributed by atoms with E-state index in [1.54, 1.807) is 4.90 Å². The highest BCUT2D eigenvalue weighted by Crippen LogP contribution is 2.22. The Kier molecular flexibility index (Phi) is 6.05. The minimum atomic E-state index is -0.177. The largest absolute Gasteiger partial charge is 0.450 e. The third-order valence-corrected chi connectivity index (χ3v) is 4.44.